The lowest BCUT2D eigenvalue weighted by atomic mass is 10.2. The minimum Gasteiger partial charge on any atom is -0.313 e. The summed E-state index contributed by atoms with van der Waals surface area (Å²) in [6.07, 6.45) is 4.62. The van der Waals surface area contributed by atoms with Crippen molar-refractivity contribution in [3.8, 4) is 11.3 Å². The van der Waals surface area contributed by atoms with Crippen LogP contribution in [-0.4, -0.2) is 30.2 Å². The molecule has 7 heteroatoms. The quantitative estimate of drug-likeness (QED) is 0.782. The van der Waals surface area contributed by atoms with Gasteiger partial charge in [0.25, 0.3) is 0 Å². The molecule has 21 heavy (non-hydrogen) atoms. The molecule has 0 aliphatic heterocycles. The van der Waals surface area contributed by atoms with E-state index in [-0.39, 0.29) is 12.5 Å². The van der Waals surface area contributed by atoms with E-state index in [0.29, 0.717) is 5.95 Å². The molecule has 106 valence electrons. The van der Waals surface area contributed by atoms with Gasteiger partial charge < -0.3 is 4.57 Å². The minimum atomic E-state index is -0.200. The lowest BCUT2D eigenvalue weighted by Crippen LogP contribution is -2.21. The molecule has 0 fully saturated rings. The van der Waals surface area contributed by atoms with E-state index in [1.165, 1.54) is 17.3 Å². The topological polar surface area (TPSA) is 77.6 Å². The molecule has 0 unspecified atom stereocenters. The van der Waals surface area contributed by atoms with Gasteiger partial charge in [0.2, 0.25) is 11.9 Å². The number of aromatic nitrogens is 5. The molecule has 0 atom stereocenters. The highest BCUT2D eigenvalue weighted by atomic mass is 16.2. The first-order valence-corrected chi connectivity index (χ1v) is 6.43. The van der Waals surface area contributed by atoms with E-state index in [9.17, 15) is 4.79 Å². The Morgan fingerprint density at radius 1 is 1.29 bits per heavy atom. The van der Waals surface area contributed by atoms with Gasteiger partial charge in [0.05, 0.1) is 11.9 Å². The second-order valence-electron chi connectivity index (χ2n) is 4.53. The van der Waals surface area contributed by atoms with Crippen molar-refractivity contribution >= 4 is 11.9 Å². The predicted octanol–water partition coefficient (Wildman–Crippen LogP) is 1.32. The molecule has 3 rings (SSSR count). The highest BCUT2D eigenvalue weighted by molar-refractivity contribution is 5.89. The van der Waals surface area contributed by atoms with Crippen LogP contribution in [0.2, 0.25) is 0 Å². The summed E-state index contributed by atoms with van der Waals surface area (Å²) in [5, 5.41) is 6.65. The van der Waals surface area contributed by atoms with Gasteiger partial charge in [0, 0.05) is 7.05 Å². The first-order chi connectivity index (χ1) is 10.2. The number of benzene rings is 1. The van der Waals surface area contributed by atoms with Crippen LogP contribution in [0.25, 0.3) is 11.3 Å². The Labute approximate surface area is 121 Å². The third-order valence-electron chi connectivity index (χ3n) is 3.08. The SMILES string of the molecule is Cn1c(-c2ccccc2)cnc1NC(=O)Cn1cncn1. The summed E-state index contributed by atoms with van der Waals surface area (Å²) >= 11 is 0. The van der Waals surface area contributed by atoms with E-state index in [2.05, 4.69) is 20.4 Å². The van der Waals surface area contributed by atoms with Gasteiger partial charge in [-0.15, -0.1) is 0 Å². The summed E-state index contributed by atoms with van der Waals surface area (Å²) in [6.45, 7) is 0.105. The number of anilines is 1. The van der Waals surface area contributed by atoms with Crippen LogP contribution in [0.1, 0.15) is 0 Å². The Morgan fingerprint density at radius 3 is 2.81 bits per heavy atom. The lowest BCUT2D eigenvalue weighted by molar-refractivity contribution is -0.117. The molecule has 2 aromatic heterocycles. The van der Waals surface area contributed by atoms with Crippen molar-refractivity contribution in [2.75, 3.05) is 5.32 Å². The van der Waals surface area contributed by atoms with Crippen molar-refractivity contribution < 1.29 is 4.79 Å². The van der Waals surface area contributed by atoms with Gasteiger partial charge in [-0.1, -0.05) is 30.3 Å². The molecule has 0 saturated carbocycles. The average molecular weight is 282 g/mol. The van der Waals surface area contributed by atoms with E-state index < -0.39 is 0 Å². The molecular weight excluding hydrogens is 268 g/mol. The minimum absolute atomic E-state index is 0.105. The number of nitrogens with zero attached hydrogens (tertiary/aromatic N) is 5. The van der Waals surface area contributed by atoms with E-state index in [0.717, 1.165) is 11.3 Å². The summed E-state index contributed by atoms with van der Waals surface area (Å²) < 4.78 is 3.30. The smallest absolute Gasteiger partial charge is 0.248 e. The van der Waals surface area contributed by atoms with Gasteiger partial charge >= 0.3 is 0 Å². The van der Waals surface area contributed by atoms with Gasteiger partial charge in [0.15, 0.2) is 0 Å². The molecule has 0 aliphatic carbocycles. The Balaban J connectivity index is 1.75. The highest BCUT2D eigenvalue weighted by Crippen LogP contribution is 2.21. The number of rotatable bonds is 4. The fourth-order valence-corrected chi connectivity index (χ4v) is 2.03. The maximum absolute atomic E-state index is 11.9. The largest absolute Gasteiger partial charge is 0.313 e. The molecular formula is C14H14N6O. The first kappa shape index (κ1) is 13.0. The summed E-state index contributed by atoms with van der Waals surface area (Å²) in [7, 11) is 1.86. The first-order valence-electron chi connectivity index (χ1n) is 6.43. The molecule has 1 aromatic carbocycles. The van der Waals surface area contributed by atoms with Gasteiger partial charge in [-0.2, -0.15) is 5.10 Å². The van der Waals surface area contributed by atoms with Crippen molar-refractivity contribution in [2.45, 2.75) is 6.54 Å². The highest BCUT2D eigenvalue weighted by Gasteiger charge is 2.11. The van der Waals surface area contributed by atoms with Crippen LogP contribution in [0.5, 0.6) is 0 Å². The Kier molecular flexibility index (Phi) is 3.46. The van der Waals surface area contributed by atoms with Gasteiger partial charge in [-0.3, -0.25) is 10.1 Å². The molecule has 1 amide bonds. The third-order valence-corrected chi connectivity index (χ3v) is 3.08. The Hall–Kier alpha value is -2.96. The summed E-state index contributed by atoms with van der Waals surface area (Å²) in [5.74, 6) is 0.299. The molecule has 0 bridgehead atoms. The summed E-state index contributed by atoms with van der Waals surface area (Å²) in [5.41, 5.74) is 1.98. The van der Waals surface area contributed by atoms with Crippen LogP contribution in [0, 0.1) is 0 Å². The molecule has 0 aliphatic rings. The molecule has 2 heterocycles. The van der Waals surface area contributed by atoms with E-state index in [4.69, 9.17) is 0 Å². The Morgan fingerprint density at radius 2 is 2.10 bits per heavy atom. The molecule has 3 aromatic rings. The van der Waals surface area contributed by atoms with Crippen molar-refractivity contribution in [3.63, 3.8) is 0 Å². The number of hydrogen-bond acceptors (Lipinski definition) is 4. The van der Waals surface area contributed by atoms with Crippen LogP contribution in [0.4, 0.5) is 5.95 Å². The molecule has 0 spiro atoms. The Bertz CT molecular complexity index is 732. The van der Waals surface area contributed by atoms with Crippen molar-refractivity contribution in [3.05, 3.63) is 49.2 Å². The van der Waals surface area contributed by atoms with Crippen molar-refractivity contribution in [1.82, 2.24) is 24.3 Å². The van der Waals surface area contributed by atoms with Gasteiger partial charge in [-0.05, 0) is 5.56 Å². The number of imidazole rings is 1. The lowest BCUT2D eigenvalue weighted by Gasteiger charge is -2.07. The van der Waals surface area contributed by atoms with E-state index in [1.54, 1.807) is 6.20 Å². The van der Waals surface area contributed by atoms with Gasteiger partial charge in [-0.25, -0.2) is 14.6 Å². The second kappa shape index (κ2) is 5.58. The van der Waals surface area contributed by atoms with E-state index in [1.807, 2.05) is 41.9 Å². The van der Waals surface area contributed by atoms with Crippen LogP contribution >= 0.6 is 0 Å². The third kappa shape index (κ3) is 2.81. The molecule has 1 N–H and O–H groups in total. The molecule has 0 saturated heterocycles. The zero-order valence-electron chi connectivity index (χ0n) is 11.5. The number of amides is 1. The van der Waals surface area contributed by atoms with Crippen LogP contribution < -0.4 is 5.32 Å². The van der Waals surface area contributed by atoms with Crippen molar-refractivity contribution in [1.29, 1.82) is 0 Å². The number of carbonyl (C=O) groups excluding carboxylic acids is 1. The van der Waals surface area contributed by atoms with Gasteiger partial charge in [0.1, 0.15) is 19.2 Å². The number of hydrogen-bond donors (Lipinski definition) is 1. The fourth-order valence-electron chi connectivity index (χ4n) is 2.03. The monoisotopic (exact) mass is 282 g/mol. The van der Waals surface area contributed by atoms with Crippen molar-refractivity contribution in [2.24, 2.45) is 7.05 Å². The fraction of sp³-hybridized carbons (Fsp3) is 0.143. The predicted molar refractivity (Wildman–Crippen MR) is 77.3 cm³/mol. The van der Waals surface area contributed by atoms with Crippen LogP contribution in [0.3, 0.4) is 0 Å². The standard InChI is InChI=1S/C14H14N6O/c1-19-12(11-5-3-2-4-6-11)7-16-14(19)18-13(21)8-20-10-15-9-17-20/h2-7,9-10H,8H2,1H3,(H,16,18,21). The summed E-state index contributed by atoms with van der Waals surface area (Å²) in [4.78, 5) is 20.0. The average Bonchev–Trinajstić information content (AvgIpc) is 3.11. The molecule has 0 radical (unpaired) electrons. The molecule has 7 nitrogen and oxygen atoms in total. The maximum atomic E-state index is 11.9. The second-order valence-corrected chi connectivity index (χ2v) is 4.53. The zero-order valence-corrected chi connectivity index (χ0v) is 11.5. The maximum Gasteiger partial charge on any atom is 0.248 e. The van der Waals surface area contributed by atoms with E-state index >= 15 is 0 Å². The number of nitrogens with one attached hydrogen (secondary N) is 1. The summed E-state index contributed by atoms with van der Waals surface area (Å²) in [6, 6.07) is 9.88. The zero-order chi connectivity index (χ0) is 14.7. The normalized spacial score (nSPS) is 10.5. The number of carbonyl (C=O) groups is 1. The van der Waals surface area contributed by atoms with Crippen LogP contribution in [-0.2, 0) is 18.4 Å². The van der Waals surface area contributed by atoms with Crippen LogP contribution in [0.15, 0.2) is 49.2 Å².